The minimum absolute atomic E-state index is 0.109. The van der Waals surface area contributed by atoms with Crippen molar-refractivity contribution >= 4 is 11.9 Å². The summed E-state index contributed by atoms with van der Waals surface area (Å²) >= 11 is 0. The molecule has 0 aromatic heterocycles. The number of aliphatic carboxylic acids is 1. The summed E-state index contributed by atoms with van der Waals surface area (Å²) in [6, 6.07) is -0.131. The molecule has 0 bridgehead atoms. The standard InChI is InChI=1S/C13H21NO3/c1-8(15)14-12-10-7-5-3-2-4-6-9(10)11(12)13(16)17/h9-12H,2-7H2,1H3,(H,14,15)(H,16,17)/t9-,10+,11-,12-/m0/s1. The maximum Gasteiger partial charge on any atom is 0.308 e. The highest BCUT2D eigenvalue weighted by Crippen LogP contribution is 2.47. The second-order valence-electron chi connectivity index (χ2n) is 5.41. The lowest BCUT2D eigenvalue weighted by atomic mass is 9.56. The molecule has 0 aromatic carbocycles. The molecule has 2 aliphatic rings. The van der Waals surface area contributed by atoms with Crippen molar-refractivity contribution in [2.75, 3.05) is 0 Å². The summed E-state index contributed by atoms with van der Waals surface area (Å²) in [4.78, 5) is 22.4. The highest BCUT2D eigenvalue weighted by molar-refractivity contribution is 5.77. The van der Waals surface area contributed by atoms with Crippen molar-refractivity contribution in [1.29, 1.82) is 0 Å². The molecule has 96 valence electrons. The third-order valence-electron chi connectivity index (χ3n) is 4.34. The number of hydrogen-bond acceptors (Lipinski definition) is 2. The van der Waals surface area contributed by atoms with E-state index in [0.29, 0.717) is 5.92 Å². The van der Waals surface area contributed by atoms with Crippen molar-refractivity contribution in [3.8, 4) is 0 Å². The van der Waals surface area contributed by atoms with Gasteiger partial charge in [0.25, 0.3) is 0 Å². The third kappa shape index (κ3) is 2.45. The quantitative estimate of drug-likeness (QED) is 0.772. The SMILES string of the molecule is CC(=O)N[C@H]1[C@@H]2CCCCCC[C@@H]2[C@@H]1C(=O)O. The van der Waals surface area contributed by atoms with Gasteiger partial charge in [-0.05, 0) is 24.7 Å². The van der Waals surface area contributed by atoms with Crippen molar-refractivity contribution in [3.63, 3.8) is 0 Å². The average molecular weight is 239 g/mol. The maximum atomic E-state index is 11.3. The number of carbonyl (C=O) groups is 2. The summed E-state index contributed by atoms with van der Waals surface area (Å²) < 4.78 is 0. The molecule has 2 saturated carbocycles. The molecule has 2 fully saturated rings. The molecule has 0 radical (unpaired) electrons. The Kier molecular flexibility index (Phi) is 3.69. The summed E-state index contributed by atoms with van der Waals surface area (Å²) in [5.41, 5.74) is 0. The van der Waals surface area contributed by atoms with Crippen LogP contribution < -0.4 is 5.32 Å². The molecule has 2 aliphatic carbocycles. The molecule has 1 amide bonds. The van der Waals surface area contributed by atoms with Gasteiger partial charge in [-0.15, -0.1) is 0 Å². The van der Waals surface area contributed by atoms with Crippen LogP contribution in [0.1, 0.15) is 45.4 Å². The van der Waals surface area contributed by atoms with Crippen molar-refractivity contribution in [3.05, 3.63) is 0 Å². The van der Waals surface area contributed by atoms with E-state index in [4.69, 9.17) is 0 Å². The van der Waals surface area contributed by atoms with E-state index < -0.39 is 5.97 Å². The van der Waals surface area contributed by atoms with Crippen LogP contribution in [0.15, 0.2) is 0 Å². The first-order chi connectivity index (χ1) is 8.11. The molecule has 4 atom stereocenters. The monoisotopic (exact) mass is 239 g/mol. The summed E-state index contributed by atoms with van der Waals surface area (Å²) in [6.45, 7) is 1.47. The van der Waals surface area contributed by atoms with Crippen LogP contribution in [0.2, 0.25) is 0 Å². The lowest BCUT2D eigenvalue weighted by molar-refractivity contribution is -0.157. The van der Waals surface area contributed by atoms with E-state index in [0.717, 1.165) is 19.3 Å². The lowest BCUT2D eigenvalue weighted by Gasteiger charge is -2.51. The minimum Gasteiger partial charge on any atom is -0.481 e. The Morgan fingerprint density at radius 2 is 1.65 bits per heavy atom. The molecule has 0 spiro atoms. The predicted molar refractivity (Wildman–Crippen MR) is 63.4 cm³/mol. The molecule has 0 saturated heterocycles. The van der Waals surface area contributed by atoms with E-state index in [9.17, 15) is 14.7 Å². The number of fused-ring (bicyclic) bond motifs is 1. The maximum absolute atomic E-state index is 11.3. The molecular weight excluding hydrogens is 218 g/mol. The van der Waals surface area contributed by atoms with E-state index in [1.807, 2.05) is 0 Å². The van der Waals surface area contributed by atoms with E-state index in [1.54, 1.807) is 0 Å². The van der Waals surface area contributed by atoms with Crippen LogP contribution in [0.25, 0.3) is 0 Å². The van der Waals surface area contributed by atoms with Crippen molar-refractivity contribution < 1.29 is 14.7 Å². The Morgan fingerprint density at radius 3 is 2.18 bits per heavy atom. The number of hydrogen-bond donors (Lipinski definition) is 2. The van der Waals surface area contributed by atoms with E-state index >= 15 is 0 Å². The second kappa shape index (κ2) is 5.07. The number of nitrogens with one attached hydrogen (secondary N) is 1. The smallest absolute Gasteiger partial charge is 0.308 e. The molecule has 0 aliphatic heterocycles. The largest absolute Gasteiger partial charge is 0.481 e. The number of carboxylic acids is 1. The molecule has 4 heteroatoms. The van der Waals surface area contributed by atoms with Crippen molar-refractivity contribution in [2.45, 2.75) is 51.5 Å². The predicted octanol–water partition coefficient (Wildman–Crippen LogP) is 1.79. The number of carboxylic acid groups (broad SMARTS) is 1. The highest BCUT2D eigenvalue weighted by Gasteiger charge is 2.53. The molecule has 2 rings (SSSR count). The minimum atomic E-state index is -0.745. The summed E-state index contributed by atoms with van der Waals surface area (Å²) in [5.74, 6) is -0.542. The first kappa shape index (κ1) is 12.4. The highest BCUT2D eigenvalue weighted by atomic mass is 16.4. The fourth-order valence-electron chi connectivity index (χ4n) is 3.59. The van der Waals surface area contributed by atoms with Gasteiger partial charge in [-0.1, -0.05) is 25.7 Å². The van der Waals surface area contributed by atoms with Gasteiger partial charge in [0.1, 0.15) is 0 Å². The van der Waals surface area contributed by atoms with E-state index in [1.165, 1.54) is 26.2 Å². The zero-order chi connectivity index (χ0) is 12.4. The molecular formula is C13H21NO3. The Bertz CT molecular complexity index is 316. The summed E-state index contributed by atoms with van der Waals surface area (Å²) in [6.07, 6.45) is 6.85. The van der Waals surface area contributed by atoms with Gasteiger partial charge >= 0.3 is 5.97 Å². The van der Waals surface area contributed by atoms with Crippen LogP contribution >= 0.6 is 0 Å². The topological polar surface area (TPSA) is 66.4 Å². The van der Waals surface area contributed by atoms with Crippen LogP contribution in [0.5, 0.6) is 0 Å². The van der Waals surface area contributed by atoms with Gasteiger partial charge in [-0.25, -0.2) is 0 Å². The Labute approximate surface area is 102 Å². The van der Waals surface area contributed by atoms with E-state index in [2.05, 4.69) is 5.32 Å². The Hall–Kier alpha value is -1.06. The summed E-state index contributed by atoms with van der Waals surface area (Å²) in [7, 11) is 0. The van der Waals surface area contributed by atoms with E-state index in [-0.39, 0.29) is 23.8 Å². The number of carbonyl (C=O) groups excluding carboxylic acids is 1. The number of amides is 1. The van der Waals surface area contributed by atoms with Crippen molar-refractivity contribution in [2.24, 2.45) is 17.8 Å². The fourth-order valence-corrected chi connectivity index (χ4v) is 3.59. The van der Waals surface area contributed by atoms with Gasteiger partial charge in [-0.2, -0.15) is 0 Å². The van der Waals surface area contributed by atoms with Gasteiger partial charge < -0.3 is 10.4 Å². The van der Waals surface area contributed by atoms with Gasteiger partial charge in [0.15, 0.2) is 0 Å². The number of rotatable bonds is 2. The third-order valence-corrected chi connectivity index (χ3v) is 4.34. The molecule has 4 nitrogen and oxygen atoms in total. The van der Waals surface area contributed by atoms with Gasteiger partial charge in [0, 0.05) is 13.0 Å². The fraction of sp³-hybridized carbons (Fsp3) is 0.846. The zero-order valence-electron chi connectivity index (χ0n) is 10.3. The van der Waals surface area contributed by atoms with Gasteiger partial charge in [0.05, 0.1) is 5.92 Å². The Morgan fingerprint density at radius 1 is 1.06 bits per heavy atom. The van der Waals surface area contributed by atoms with Gasteiger partial charge in [0.2, 0.25) is 5.91 Å². The molecule has 0 unspecified atom stereocenters. The zero-order valence-corrected chi connectivity index (χ0v) is 10.3. The first-order valence-corrected chi connectivity index (χ1v) is 6.61. The van der Waals surface area contributed by atoms with Crippen LogP contribution in [0, 0.1) is 17.8 Å². The first-order valence-electron chi connectivity index (χ1n) is 6.61. The average Bonchev–Trinajstić information content (AvgIpc) is 2.19. The van der Waals surface area contributed by atoms with Gasteiger partial charge in [-0.3, -0.25) is 9.59 Å². The second-order valence-corrected chi connectivity index (χ2v) is 5.41. The Balaban J connectivity index is 2.07. The molecule has 0 aromatic rings. The van der Waals surface area contributed by atoms with Crippen molar-refractivity contribution in [1.82, 2.24) is 5.32 Å². The summed E-state index contributed by atoms with van der Waals surface area (Å²) in [5, 5.41) is 12.1. The molecule has 2 N–H and O–H groups in total. The lowest BCUT2D eigenvalue weighted by Crippen LogP contribution is -2.62. The molecule has 0 heterocycles. The molecule has 17 heavy (non-hydrogen) atoms. The van der Waals surface area contributed by atoms with Crippen LogP contribution in [0.3, 0.4) is 0 Å². The van der Waals surface area contributed by atoms with Crippen LogP contribution in [0.4, 0.5) is 0 Å². The van der Waals surface area contributed by atoms with Crippen LogP contribution in [-0.2, 0) is 9.59 Å². The van der Waals surface area contributed by atoms with Crippen LogP contribution in [-0.4, -0.2) is 23.0 Å². The normalized spacial score (nSPS) is 37.0.